The predicted molar refractivity (Wildman–Crippen MR) is 143 cm³/mol. The highest BCUT2D eigenvalue weighted by Crippen LogP contribution is 2.33. The van der Waals surface area contributed by atoms with Crippen LogP contribution in [-0.4, -0.2) is 36.8 Å². The Labute approximate surface area is 202 Å². The van der Waals surface area contributed by atoms with E-state index in [1.165, 1.54) is 5.56 Å². The molecular formula is C26H28BNO3S2. The highest BCUT2D eigenvalue weighted by atomic mass is 32.2. The Kier molecular flexibility index (Phi) is 7.26. The largest absolute Gasteiger partial charge is 0.394 e. The number of hydrogen-bond donors (Lipinski definition) is 3. The number of hydrogen-bond acceptors (Lipinski definition) is 6. The fourth-order valence-corrected chi connectivity index (χ4v) is 5.65. The van der Waals surface area contributed by atoms with Crippen LogP contribution in [0.5, 0.6) is 0 Å². The summed E-state index contributed by atoms with van der Waals surface area (Å²) in [6, 6.07) is 20.6. The van der Waals surface area contributed by atoms with Crippen LogP contribution in [0.25, 0.3) is 20.2 Å². The third-order valence-corrected chi connectivity index (χ3v) is 8.18. The van der Waals surface area contributed by atoms with Crippen LogP contribution >= 0.6 is 23.1 Å². The van der Waals surface area contributed by atoms with Gasteiger partial charge in [-0.15, -0.1) is 11.3 Å². The third kappa shape index (κ3) is 5.34. The number of rotatable bonds is 8. The molecule has 0 amide bonds. The molecule has 0 spiro atoms. The van der Waals surface area contributed by atoms with Gasteiger partial charge in [0.2, 0.25) is 0 Å². The molecule has 33 heavy (non-hydrogen) atoms. The van der Waals surface area contributed by atoms with E-state index in [0.717, 1.165) is 30.1 Å². The first-order chi connectivity index (χ1) is 15.8. The van der Waals surface area contributed by atoms with E-state index in [2.05, 4.69) is 45.1 Å². The van der Waals surface area contributed by atoms with Gasteiger partial charge in [0.05, 0.1) is 18.8 Å². The summed E-state index contributed by atoms with van der Waals surface area (Å²) in [6.07, 6.45) is 1.02. The second-order valence-electron chi connectivity index (χ2n) is 8.92. The van der Waals surface area contributed by atoms with Crippen molar-refractivity contribution in [2.75, 3.05) is 13.2 Å². The topological polar surface area (TPSA) is 83.6 Å². The van der Waals surface area contributed by atoms with Crippen molar-refractivity contribution in [3.05, 3.63) is 82.0 Å². The molecule has 4 nitrogen and oxygen atoms in total. The van der Waals surface area contributed by atoms with Crippen molar-refractivity contribution in [2.45, 2.75) is 40.9 Å². The van der Waals surface area contributed by atoms with Crippen LogP contribution in [0.1, 0.15) is 30.3 Å². The minimum Gasteiger partial charge on any atom is -0.394 e. The van der Waals surface area contributed by atoms with E-state index in [0.29, 0.717) is 24.0 Å². The molecule has 4 rings (SSSR count). The molecule has 4 aromatic rings. The predicted octanol–water partition coefficient (Wildman–Crippen LogP) is 3.87. The van der Waals surface area contributed by atoms with E-state index in [4.69, 9.17) is 5.73 Å². The first kappa shape index (κ1) is 24.0. The van der Waals surface area contributed by atoms with Crippen molar-refractivity contribution < 1.29 is 10.2 Å². The molecule has 3 aromatic carbocycles. The van der Waals surface area contributed by atoms with Crippen LogP contribution in [0, 0.1) is 0 Å². The van der Waals surface area contributed by atoms with Gasteiger partial charge >= 0.3 is 0 Å². The molecule has 0 saturated heterocycles. The number of nitrogens with two attached hydrogens (primary N) is 1. The van der Waals surface area contributed by atoms with Gasteiger partial charge in [-0.3, -0.25) is 4.79 Å². The van der Waals surface area contributed by atoms with Gasteiger partial charge in [0.15, 0.2) is 5.43 Å². The number of aliphatic hydroxyl groups excluding tert-OH is 2. The minimum absolute atomic E-state index is 0.0292. The Balaban J connectivity index is 1.65. The first-order valence-electron chi connectivity index (χ1n) is 11.1. The average molecular weight is 477 g/mol. The van der Waals surface area contributed by atoms with Crippen LogP contribution < -0.4 is 11.2 Å². The third-order valence-electron chi connectivity index (χ3n) is 6.03. The summed E-state index contributed by atoms with van der Waals surface area (Å²) in [5, 5.41) is 20.3. The number of fused-ring (bicyclic) bond motifs is 2. The molecule has 170 valence electrons. The quantitative estimate of drug-likeness (QED) is 0.265. The molecule has 0 fully saturated rings. The molecule has 1 heterocycles. The molecule has 0 radical (unpaired) electrons. The molecule has 1 unspecified atom stereocenters. The fraction of sp³-hybridized carbons (Fsp3) is 0.269. The maximum absolute atomic E-state index is 13.4. The van der Waals surface area contributed by atoms with Crippen LogP contribution in [0.3, 0.4) is 0 Å². The summed E-state index contributed by atoms with van der Waals surface area (Å²) in [5.74, 6) is 0.501. The fourth-order valence-electron chi connectivity index (χ4n) is 3.76. The van der Waals surface area contributed by atoms with Crippen LogP contribution in [-0.2, 0) is 6.42 Å². The lowest BCUT2D eigenvalue weighted by molar-refractivity contribution is 0.115. The van der Waals surface area contributed by atoms with E-state index >= 15 is 0 Å². The van der Waals surface area contributed by atoms with E-state index in [-0.39, 0.29) is 18.6 Å². The molecule has 0 bridgehead atoms. The van der Waals surface area contributed by atoms with Gasteiger partial charge in [0, 0.05) is 30.0 Å². The minimum atomic E-state index is -1.01. The average Bonchev–Trinajstić information content (AvgIpc) is 2.83. The summed E-state index contributed by atoms with van der Waals surface area (Å²) in [7, 11) is 2.18. The van der Waals surface area contributed by atoms with Crippen molar-refractivity contribution in [1.29, 1.82) is 0 Å². The molecule has 7 heteroatoms. The summed E-state index contributed by atoms with van der Waals surface area (Å²) in [4.78, 5) is 15.6. The number of aliphatic hydroxyl groups is 2. The number of benzene rings is 3. The molecule has 0 aliphatic heterocycles. The number of aryl methyl sites for hydroxylation is 1. The van der Waals surface area contributed by atoms with Crippen molar-refractivity contribution in [2.24, 2.45) is 5.73 Å². The summed E-state index contributed by atoms with van der Waals surface area (Å²) in [6.45, 7) is 1.62. The highest BCUT2D eigenvalue weighted by Gasteiger charge is 2.22. The van der Waals surface area contributed by atoms with Gasteiger partial charge < -0.3 is 15.9 Å². The van der Waals surface area contributed by atoms with Gasteiger partial charge in [0.25, 0.3) is 0 Å². The maximum Gasteiger partial charge on any atom is 0.195 e. The Morgan fingerprint density at radius 3 is 2.21 bits per heavy atom. The maximum atomic E-state index is 13.4. The van der Waals surface area contributed by atoms with Gasteiger partial charge in [0.1, 0.15) is 7.85 Å². The van der Waals surface area contributed by atoms with Gasteiger partial charge in [-0.05, 0) is 66.7 Å². The van der Waals surface area contributed by atoms with Crippen molar-refractivity contribution >= 4 is 51.1 Å². The van der Waals surface area contributed by atoms with Crippen LogP contribution in [0.2, 0.25) is 0 Å². The molecule has 4 N–H and O–H groups in total. The monoisotopic (exact) mass is 477 g/mol. The lowest BCUT2D eigenvalue weighted by Crippen LogP contribution is -2.47. The van der Waals surface area contributed by atoms with Crippen molar-refractivity contribution in [1.82, 2.24) is 0 Å². The van der Waals surface area contributed by atoms with Crippen molar-refractivity contribution in [3.63, 3.8) is 0 Å². The Morgan fingerprint density at radius 2 is 1.58 bits per heavy atom. The van der Waals surface area contributed by atoms with Gasteiger partial charge in [-0.2, -0.15) is 0 Å². The highest BCUT2D eigenvalue weighted by molar-refractivity contribution is 7.99. The van der Waals surface area contributed by atoms with Crippen LogP contribution in [0.15, 0.2) is 75.2 Å². The first-order valence-corrected chi connectivity index (χ1v) is 12.7. The molecule has 1 atom stereocenters. The molecule has 0 saturated carbocycles. The summed E-state index contributed by atoms with van der Waals surface area (Å²) < 4.78 is 1.92. The standard InChI is InChI=1S/C26H28BNO3S2/c1-16(27)18-3-5-19(6-4-18)32-20-7-9-24-22(13-20)25(31)21-12-17(2-8-23(21)33-24)10-11-26(28,14-29)15-30/h2-9,12-13,16,29-30H,10-11,14-15,27-28H2,1H3. The Hall–Kier alpha value is -2.16. The van der Waals surface area contributed by atoms with Crippen molar-refractivity contribution in [3.8, 4) is 0 Å². The molecule has 1 aromatic heterocycles. The lowest BCUT2D eigenvalue weighted by Gasteiger charge is -2.24. The molecule has 0 aliphatic rings. The van der Waals surface area contributed by atoms with Gasteiger partial charge in [-0.25, -0.2) is 0 Å². The second kappa shape index (κ2) is 9.99. The Morgan fingerprint density at radius 1 is 0.970 bits per heavy atom. The zero-order valence-electron chi connectivity index (χ0n) is 18.9. The van der Waals surface area contributed by atoms with E-state index in [1.54, 1.807) is 23.1 Å². The smallest absolute Gasteiger partial charge is 0.195 e. The molecular weight excluding hydrogens is 449 g/mol. The zero-order valence-corrected chi connectivity index (χ0v) is 20.5. The Bertz CT molecular complexity index is 1330. The van der Waals surface area contributed by atoms with Crippen LogP contribution in [0.4, 0.5) is 0 Å². The lowest BCUT2D eigenvalue weighted by atomic mass is 9.83. The summed E-state index contributed by atoms with van der Waals surface area (Å²) in [5.41, 5.74) is 7.30. The van der Waals surface area contributed by atoms with E-state index in [9.17, 15) is 15.0 Å². The summed E-state index contributed by atoms with van der Waals surface area (Å²) >= 11 is 3.27. The zero-order chi connectivity index (χ0) is 23.6. The SMILES string of the molecule is BC(C)c1ccc(Sc2ccc3sc4ccc(CCC(N)(CO)CO)cc4c(=O)c3c2)cc1. The van der Waals surface area contributed by atoms with E-state index < -0.39 is 5.54 Å². The normalized spacial score (nSPS) is 13.0. The second-order valence-corrected chi connectivity index (χ2v) is 11.2. The van der Waals surface area contributed by atoms with Gasteiger partial charge in [-0.1, -0.05) is 42.4 Å². The molecule has 0 aliphatic carbocycles. The van der Waals surface area contributed by atoms with E-state index in [1.807, 2.05) is 30.3 Å².